The molecule has 0 aliphatic heterocycles. The summed E-state index contributed by atoms with van der Waals surface area (Å²) in [6, 6.07) is 22.0. The fourth-order valence-electron chi connectivity index (χ4n) is 3.59. The molecule has 2 aliphatic rings. The molecule has 0 radical (unpaired) electrons. The summed E-state index contributed by atoms with van der Waals surface area (Å²) in [4.78, 5) is 0. The Hall–Kier alpha value is -2.17. The minimum absolute atomic E-state index is 0.326. The maximum Gasteiger partial charge on any atom is 0.0308 e. The van der Waals surface area contributed by atoms with E-state index < -0.39 is 0 Å². The zero-order chi connectivity index (χ0) is 16.2. The molecule has 24 heavy (non-hydrogen) atoms. The highest BCUT2D eigenvalue weighted by molar-refractivity contribution is 7.60. The van der Waals surface area contributed by atoms with Crippen molar-refractivity contribution in [2.45, 2.75) is 17.0 Å². The number of hydrogen-bond acceptors (Lipinski definition) is 0. The Kier molecular flexibility index (Phi) is 4.58. The fourth-order valence-corrected chi connectivity index (χ4v) is 6.90. The molecule has 0 amide bonds. The topological polar surface area (TPSA) is 0 Å². The molecule has 0 nitrogen and oxygen atoms in total. The molecule has 0 fully saturated rings. The van der Waals surface area contributed by atoms with Crippen molar-refractivity contribution in [1.82, 2.24) is 0 Å². The molecule has 0 bridgehead atoms. The first-order chi connectivity index (χ1) is 11.9. The third-order valence-corrected chi connectivity index (χ3v) is 7.93. The first-order valence-electron chi connectivity index (χ1n) is 8.51. The highest BCUT2D eigenvalue weighted by Gasteiger charge is 2.34. The van der Waals surface area contributed by atoms with E-state index in [9.17, 15) is 0 Å². The van der Waals surface area contributed by atoms with Gasteiger partial charge in [-0.3, -0.25) is 0 Å². The molecule has 0 N–H and O–H groups in total. The Morgan fingerprint density at radius 3 is 1.29 bits per heavy atom. The van der Waals surface area contributed by atoms with Crippen LogP contribution >= 0.6 is 7.92 Å². The second kappa shape index (κ2) is 7.16. The molecule has 2 aliphatic carbocycles. The van der Waals surface area contributed by atoms with Gasteiger partial charge in [0.05, 0.1) is 0 Å². The highest BCUT2D eigenvalue weighted by Crippen LogP contribution is 2.63. The molecule has 0 atom stereocenters. The predicted molar refractivity (Wildman–Crippen MR) is 106 cm³/mol. The van der Waals surface area contributed by atoms with Crippen molar-refractivity contribution < 1.29 is 0 Å². The van der Waals surface area contributed by atoms with Gasteiger partial charge in [-0.15, -0.1) is 0 Å². The molecule has 0 unspecified atom stereocenters. The van der Waals surface area contributed by atoms with Crippen LogP contribution in [0.1, 0.15) is 16.8 Å². The summed E-state index contributed by atoms with van der Waals surface area (Å²) >= 11 is 0. The van der Waals surface area contributed by atoms with Crippen LogP contribution in [0.2, 0.25) is 0 Å². The Morgan fingerprint density at radius 2 is 0.917 bits per heavy atom. The summed E-state index contributed by atoms with van der Waals surface area (Å²) in [5.74, 6) is 0. The van der Waals surface area contributed by atoms with E-state index >= 15 is 0 Å². The normalized spacial score (nSPS) is 16.9. The Labute approximate surface area is 145 Å². The van der Waals surface area contributed by atoms with E-state index in [-0.39, 0.29) is 7.92 Å². The van der Waals surface area contributed by atoms with Crippen molar-refractivity contribution >= 4 is 7.92 Å². The van der Waals surface area contributed by atoms with E-state index in [4.69, 9.17) is 0 Å². The van der Waals surface area contributed by atoms with E-state index in [0.29, 0.717) is 17.0 Å². The smallest absolute Gasteiger partial charge is 0.0308 e. The lowest BCUT2D eigenvalue weighted by Gasteiger charge is -2.35. The predicted octanol–water partition coefficient (Wildman–Crippen LogP) is 6.25. The van der Waals surface area contributed by atoms with E-state index in [1.807, 2.05) is 0 Å². The van der Waals surface area contributed by atoms with Crippen molar-refractivity contribution in [1.29, 1.82) is 0 Å². The van der Waals surface area contributed by atoms with Crippen molar-refractivity contribution in [3.8, 4) is 0 Å². The molecule has 4 rings (SSSR count). The van der Waals surface area contributed by atoms with Crippen LogP contribution in [0.15, 0.2) is 109 Å². The summed E-state index contributed by atoms with van der Waals surface area (Å²) < 4.78 is 0. The van der Waals surface area contributed by atoms with Crippen LogP contribution in [-0.4, -0.2) is 11.3 Å². The van der Waals surface area contributed by atoms with Crippen LogP contribution in [-0.2, 0) is 0 Å². The van der Waals surface area contributed by atoms with E-state index in [1.54, 1.807) is 0 Å². The van der Waals surface area contributed by atoms with Crippen LogP contribution in [0.3, 0.4) is 0 Å². The molecule has 0 spiro atoms. The van der Waals surface area contributed by atoms with Crippen molar-refractivity contribution in [3.05, 3.63) is 120 Å². The third kappa shape index (κ3) is 3.07. The zero-order valence-corrected chi connectivity index (χ0v) is 14.5. The van der Waals surface area contributed by atoms with Crippen LogP contribution in [0.25, 0.3) is 0 Å². The van der Waals surface area contributed by atoms with Gasteiger partial charge in [0.15, 0.2) is 0 Å². The van der Waals surface area contributed by atoms with Crippen LogP contribution in [0.5, 0.6) is 0 Å². The minimum atomic E-state index is -0.326. The summed E-state index contributed by atoms with van der Waals surface area (Å²) in [5, 5.41) is 0. The average Bonchev–Trinajstić information content (AvgIpc) is 3.35. The van der Waals surface area contributed by atoms with Crippen molar-refractivity contribution in [2.24, 2.45) is 0 Å². The molecule has 1 heteroatoms. The second-order valence-corrected chi connectivity index (χ2v) is 8.80. The van der Waals surface area contributed by atoms with Gasteiger partial charge in [-0.1, -0.05) is 117 Å². The molecular formula is C23H21P. The number of hydrogen-bond donors (Lipinski definition) is 0. The number of benzene rings is 2. The fraction of sp³-hybridized carbons (Fsp3) is 0.130. The molecule has 2 aromatic rings. The monoisotopic (exact) mass is 328 g/mol. The average molecular weight is 328 g/mol. The quantitative estimate of drug-likeness (QED) is 0.569. The Bertz CT molecular complexity index is 692. The van der Waals surface area contributed by atoms with Gasteiger partial charge in [0.2, 0.25) is 0 Å². The lowest BCUT2D eigenvalue weighted by Crippen LogP contribution is -2.14. The van der Waals surface area contributed by atoms with Gasteiger partial charge < -0.3 is 0 Å². The SMILES string of the molecule is C1=CC(P(C2C=CC=C2)C(c2ccccc2)c2ccccc2)C=C1. The van der Waals surface area contributed by atoms with Gasteiger partial charge in [-0.2, -0.15) is 0 Å². The van der Waals surface area contributed by atoms with E-state index in [1.165, 1.54) is 11.1 Å². The highest BCUT2D eigenvalue weighted by atomic mass is 31.1. The molecule has 0 saturated heterocycles. The third-order valence-electron chi connectivity index (χ3n) is 4.67. The molecule has 0 aromatic heterocycles. The summed E-state index contributed by atoms with van der Waals surface area (Å²) in [7, 11) is -0.326. The summed E-state index contributed by atoms with van der Waals surface area (Å²) in [6.45, 7) is 0. The summed E-state index contributed by atoms with van der Waals surface area (Å²) in [5.41, 5.74) is 4.36. The summed E-state index contributed by atoms with van der Waals surface area (Å²) in [6.07, 6.45) is 18.3. The van der Waals surface area contributed by atoms with Gasteiger partial charge >= 0.3 is 0 Å². The standard InChI is InChI=1S/C23H21P/c1-3-11-19(12-4-1)23(20-13-5-2-6-14-20)24(21-15-7-8-16-21)22-17-9-10-18-22/h1-18,21-23H. The maximum absolute atomic E-state index is 2.38. The molecule has 118 valence electrons. The Morgan fingerprint density at radius 1 is 0.542 bits per heavy atom. The zero-order valence-electron chi connectivity index (χ0n) is 13.6. The minimum Gasteiger partial charge on any atom is -0.0733 e. The van der Waals surface area contributed by atoms with Gasteiger partial charge in [0.1, 0.15) is 0 Å². The van der Waals surface area contributed by atoms with Crippen molar-refractivity contribution in [2.75, 3.05) is 0 Å². The van der Waals surface area contributed by atoms with Crippen LogP contribution in [0, 0.1) is 0 Å². The van der Waals surface area contributed by atoms with E-state index in [2.05, 4.69) is 109 Å². The molecular weight excluding hydrogens is 307 g/mol. The van der Waals surface area contributed by atoms with Crippen LogP contribution in [0.4, 0.5) is 0 Å². The van der Waals surface area contributed by atoms with Gasteiger partial charge in [0, 0.05) is 17.0 Å². The first kappa shape index (κ1) is 15.4. The van der Waals surface area contributed by atoms with Gasteiger partial charge in [-0.05, 0) is 11.1 Å². The lowest BCUT2D eigenvalue weighted by molar-refractivity contribution is 1.09. The van der Waals surface area contributed by atoms with Gasteiger partial charge in [-0.25, -0.2) is 0 Å². The largest absolute Gasteiger partial charge is 0.0733 e. The van der Waals surface area contributed by atoms with Gasteiger partial charge in [0.25, 0.3) is 0 Å². The molecule has 0 heterocycles. The Balaban J connectivity index is 1.83. The number of rotatable bonds is 5. The molecule has 2 aromatic carbocycles. The lowest BCUT2D eigenvalue weighted by atomic mass is 10.0. The second-order valence-electron chi connectivity index (χ2n) is 6.19. The first-order valence-corrected chi connectivity index (χ1v) is 10.1. The molecule has 0 saturated carbocycles. The van der Waals surface area contributed by atoms with Crippen molar-refractivity contribution in [3.63, 3.8) is 0 Å². The maximum atomic E-state index is 2.38. The number of allylic oxidation sites excluding steroid dienone is 8. The van der Waals surface area contributed by atoms with Crippen LogP contribution < -0.4 is 0 Å². The van der Waals surface area contributed by atoms with E-state index in [0.717, 1.165) is 0 Å².